The molecule has 2 heterocycles. The van der Waals surface area contributed by atoms with Crippen LogP contribution in [0.4, 0.5) is 0 Å². The quantitative estimate of drug-likeness (QED) is 0.126. The van der Waals surface area contributed by atoms with Crippen LogP contribution in [0.1, 0.15) is 115 Å². The summed E-state index contributed by atoms with van der Waals surface area (Å²) in [6.07, 6.45) is 10.5. The average molecular weight is 603 g/mol. The van der Waals surface area contributed by atoms with E-state index in [0.717, 1.165) is 36.8 Å². The van der Waals surface area contributed by atoms with Crippen molar-refractivity contribution in [2.24, 2.45) is 11.8 Å². The maximum absolute atomic E-state index is 10.8. The molecular weight excluding hydrogens is 553 g/mol. The molecule has 0 radical (unpaired) electrons. The average Bonchev–Trinajstić information content (AvgIpc) is 3.72. The van der Waals surface area contributed by atoms with E-state index < -0.39 is 0 Å². The second-order valence-electron chi connectivity index (χ2n) is 11.9. The Morgan fingerprint density at radius 3 is 1.19 bits per heavy atom. The Labute approximate surface area is 262 Å². The molecule has 2 aromatic heterocycles. The van der Waals surface area contributed by atoms with E-state index in [2.05, 4.69) is 100 Å². The minimum Gasteiger partial charge on any atom is -0.388 e. The summed E-state index contributed by atoms with van der Waals surface area (Å²) in [6, 6.07) is 25.9. The molecule has 0 aliphatic heterocycles. The molecule has 4 heteroatoms. The first-order valence-corrected chi connectivity index (χ1v) is 17.9. The van der Waals surface area contributed by atoms with Crippen LogP contribution in [0.5, 0.6) is 0 Å². The van der Waals surface area contributed by atoms with Gasteiger partial charge in [-0.2, -0.15) is 0 Å². The molecule has 226 valence electrons. The predicted molar refractivity (Wildman–Crippen MR) is 184 cm³/mol. The number of unbranched alkanes of at least 4 members (excludes halogenated alkanes) is 2. The maximum atomic E-state index is 10.8. The molecule has 4 aromatic rings. The lowest BCUT2D eigenvalue weighted by atomic mass is 9.90. The van der Waals surface area contributed by atoms with Crippen molar-refractivity contribution in [3.8, 4) is 30.6 Å². The van der Waals surface area contributed by atoms with Gasteiger partial charge in [-0.05, 0) is 71.2 Å². The Morgan fingerprint density at radius 2 is 0.857 bits per heavy atom. The highest BCUT2D eigenvalue weighted by Gasteiger charge is 2.17. The lowest BCUT2D eigenvalue weighted by Gasteiger charge is -2.19. The minimum atomic E-state index is -0.388. The SMILES string of the molecule is CCCCC(CC)CC(O)c1ccc(-c2ccc(-c3ccc(-c4ccc(C(O)CC(CC)CCCC)cc4)s3)s2)cc1. The van der Waals surface area contributed by atoms with Crippen LogP contribution >= 0.6 is 22.7 Å². The van der Waals surface area contributed by atoms with Gasteiger partial charge in [-0.25, -0.2) is 0 Å². The standard InChI is InChI=1S/C38H50O2S2/c1-5-9-11-27(7-3)25-33(39)29-13-17-31(18-14-29)35-21-23-37(41-35)38-24-22-36(42-38)32-19-15-30(16-20-32)34(40)26-28(8-4)12-10-6-2/h13-24,27-28,33-34,39-40H,5-12,25-26H2,1-4H3. The number of benzene rings is 2. The molecule has 4 atom stereocenters. The van der Waals surface area contributed by atoms with Gasteiger partial charge in [0, 0.05) is 19.5 Å². The van der Waals surface area contributed by atoms with Gasteiger partial charge in [-0.3, -0.25) is 0 Å². The summed E-state index contributed by atoms with van der Waals surface area (Å²) in [5.41, 5.74) is 4.44. The third-order valence-corrected chi connectivity index (χ3v) is 11.3. The van der Waals surface area contributed by atoms with Crippen molar-refractivity contribution in [3.63, 3.8) is 0 Å². The number of rotatable bonds is 17. The van der Waals surface area contributed by atoms with Gasteiger partial charge in [0.1, 0.15) is 0 Å². The van der Waals surface area contributed by atoms with Crippen LogP contribution in [-0.2, 0) is 0 Å². The molecule has 0 fully saturated rings. The van der Waals surface area contributed by atoms with Crippen molar-refractivity contribution in [1.82, 2.24) is 0 Å². The van der Waals surface area contributed by atoms with Crippen LogP contribution in [0.25, 0.3) is 30.6 Å². The summed E-state index contributed by atoms with van der Waals surface area (Å²) in [5.74, 6) is 1.18. The first-order chi connectivity index (χ1) is 20.4. The lowest BCUT2D eigenvalue weighted by molar-refractivity contribution is 0.139. The van der Waals surface area contributed by atoms with Crippen LogP contribution < -0.4 is 0 Å². The van der Waals surface area contributed by atoms with Gasteiger partial charge >= 0.3 is 0 Å². The van der Waals surface area contributed by atoms with E-state index in [0.29, 0.717) is 11.8 Å². The van der Waals surface area contributed by atoms with Crippen molar-refractivity contribution in [1.29, 1.82) is 0 Å². The number of aliphatic hydroxyl groups is 2. The molecule has 4 unspecified atom stereocenters. The molecule has 0 saturated heterocycles. The summed E-state index contributed by atoms with van der Waals surface area (Å²) in [4.78, 5) is 5.05. The molecule has 0 bridgehead atoms. The second kappa shape index (κ2) is 16.6. The van der Waals surface area contributed by atoms with Crippen LogP contribution in [0, 0.1) is 11.8 Å². The first-order valence-electron chi connectivity index (χ1n) is 16.2. The third-order valence-electron chi connectivity index (χ3n) is 8.81. The number of thiophene rings is 2. The van der Waals surface area contributed by atoms with E-state index in [-0.39, 0.29) is 12.2 Å². The fourth-order valence-electron chi connectivity index (χ4n) is 5.86. The van der Waals surface area contributed by atoms with Crippen molar-refractivity contribution >= 4 is 22.7 Å². The molecule has 0 aliphatic rings. The van der Waals surface area contributed by atoms with Gasteiger partial charge < -0.3 is 10.2 Å². The monoisotopic (exact) mass is 602 g/mol. The summed E-state index contributed by atoms with van der Waals surface area (Å²) in [5, 5.41) is 21.7. The first kappa shape index (κ1) is 32.7. The molecule has 0 aliphatic carbocycles. The number of hydrogen-bond acceptors (Lipinski definition) is 4. The molecule has 2 aromatic carbocycles. The Bertz CT molecular complexity index is 1210. The van der Waals surface area contributed by atoms with E-state index in [1.54, 1.807) is 0 Å². The van der Waals surface area contributed by atoms with Gasteiger partial charge in [-0.1, -0.05) is 128 Å². The second-order valence-corrected chi connectivity index (χ2v) is 14.1. The van der Waals surface area contributed by atoms with E-state index in [4.69, 9.17) is 0 Å². The number of aliphatic hydroxyl groups excluding tert-OH is 2. The Balaban J connectivity index is 1.38. The molecule has 0 spiro atoms. The Kier molecular flexibility index (Phi) is 12.9. The smallest absolute Gasteiger partial charge is 0.0792 e. The van der Waals surface area contributed by atoms with Gasteiger partial charge in [0.15, 0.2) is 0 Å². The van der Waals surface area contributed by atoms with Crippen LogP contribution in [0.3, 0.4) is 0 Å². The predicted octanol–water partition coefficient (Wildman–Crippen LogP) is 12.1. The Morgan fingerprint density at radius 1 is 0.500 bits per heavy atom. The van der Waals surface area contributed by atoms with Crippen molar-refractivity contribution in [2.75, 3.05) is 0 Å². The summed E-state index contributed by atoms with van der Waals surface area (Å²) < 4.78 is 0. The fraction of sp³-hybridized carbons (Fsp3) is 0.474. The summed E-state index contributed by atoms with van der Waals surface area (Å²) in [6.45, 7) is 8.94. The third kappa shape index (κ3) is 8.89. The summed E-state index contributed by atoms with van der Waals surface area (Å²) in [7, 11) is 0. The highest BCUT2D eigenvalue weighted by Crippen LogP contribution is 2.41. The maximum Gasteiger partial charge on any atom is 0.0792 e. The van der Waals surface area contributed by atoms with Gasteiger partial charge in [0.05, 0.1) is 12.2 Å². The zero-order chi connectivity index (χ0) is 29.9. The molecule has 4 rings (SSSR count). The molecular formula is C38H50O2S2. The van der Waals surface area contributed by atoms with Crippen LogP contribution in [-0.4, -0.2) is 10.2 Å². The minimum absolute atomic E-state index is 0.388. The highest BCUT2D eigenvalue weighted by molar-refractivity contribution is 7.25. The van der Waals surface area contributed by atoms with E-state index in [1.807, 2.05) is 22.7 Å². The topological polar surface area (TPSA) is 40.5 Å². The zero-order valence-corrected chi connectivity index (χ0v) is 27.7. The van der Waals surface area contributed by atoms with Crippen molar-refractivity contribution in [2.45, 2.75) is 104 Å². The highest BCUT2D eigenvalue weighted by atomic mass is 32.1. The summed E-state index contributed by atoms with van der Waals surface area (Å²) >= 11 is 3.64. The zero-order valence-electron chi connectivity index (χ0n) is 26.0. The van der Waals surface area contributed by atoms with Gasteiger partial charge in [0.25, 0.3) is 0 Å². The van der Waals surface area contributed by atoms with Gasteiger partial charge in [0.2, 0.25) is 0 Å². The molecule has 2 N–H and O–H groups in total. The molecule has 0 saturated carbocycles. The molecule has 0 amide bonds. The fourth-order valence-corrected chi connectivity index (χ4v) is 7.97. The Hall–Kier alpha value is -2.24. The number of hydrogen-bond donors (Lipinski definition) is 2. The molecule has 2 nitrogen and oxygen atoms in total. The van der Waals surface area contributed by atoms with E-state index in [1.165, 1.54) is 69.2 Å². The van der Waals surface area contributed by atoms with Gasteiger partial charge in [-0.15, -0.1) is 22.7 Å². The van der Waals surface area contributed by atoms with Crippen molar-refractivity contribution < 1.29 is 10.2 Å². The largest absolute Gasteiger partial charge is 0.388 e. The normalized spacial score (nSPS) is 14.5. The van der Waals surface area contributed by atoms with Crippen molar-refractivity contribution in [3.05, 3.63) is 83.9 Å². The van der Waals surface area contributed by atoms with Crippen LogP contribution in [0.2, 0.25) is 0 Å². The molecule has 42 heavy (non-hydrogen) atoms. The van der Waals surface area contributed by atoms with E-state index in [9.17, 15) is 10.2 Å². The van der Waals surface area contributed by atoms with E-state index >= 15 is 0 Å². The van der Waals surface area contributed by atoms with Crippen LogP contribution in [0.15, 0.2) is 72.8 Å². The lowest BCUT2D eigenvalue weighted by Crippen LogP contribution is -2.07.